The molecule has 0 aromatic carbocycles. The Labute approximate surface area is 165 Å². The van der Waals surface area contributed by atoms with Crippen molar-refractivity contribution >= 4 is 23.8 Å². The SMILES string of the molecule is CNC/C(=C/NCC(C)(C)OCC(C)(C)SNC(=O)COCC(N)=O)N=N. The summed E-state index contributed by atoms with van der Waals surface area (Å²) in [5.74, 6) is -0.971. The third-order valence-corrected chi connectivity index (χ3v) is 4.03. The molecule has 0 rings (SSSR count). The molecule has 0 bridgehead atoms. The third kappa shape index (κ3) is 14.1. The Morgan fingerprint density at radius 2 is 1.93 bits per heavy atom. The molecule has 0 unspecified atom stereocenters. The highest BCUT2D eigenvalue weighted by molar-refractivity contribution is 7.99. The summed E-state index contributed by atoms with van der Waals surface area (Å²) in [5.41, 5.74) is 12.1. The van der Waals surface area contributed by atoms with Crippen molar-refractivity contribution in [3.63, 3.8) is 0 Å². The molecule has 0 atom stereocenters. The molecular formula is C16H32N6O4S. The number of carbonyl (C=O) groups is 2. The quantitative estimate of drug-likeness (QED) is 0.197. The van der Waals surface area contributed by atoms with Crippen molar-refractivity contribution in [2.45, 2.75) is 38.0 Å². The van der Waals surface area contributed by atoms with Gasteiger partial charge in [-0.15, -0.1) is 0 Å². The summed E-state index contributed by atoms with van der Waals surface area (Å²) >= 11 is 1.22. The molecule has 10 nitrogen and oxygen atoms in total. The minimum atomic E-state index is -0.621. The standard InChI is InChI=1S/C16H32N6O4S/c1-15(2,10-20-7-12(21-18)6-19-5)26-11-16(3,4)27-22-14(24)9-25-8-13(17)23/h7,18-20H,6,8-11H2,1-5H3,(H2,17,23)(H,22,24)/b12-7-,21-18?. The van der Waals surface area contributed by atoms with Crippen molar-refractivity contribution in [3.8, 4) is 0 Å². The van der Waals surface area contributed by atoms with E-state index in [4.69, 9.17) is 20.7 Å². The summed E-state index contributed by atoms with van der Waals surface area (Å²) < 4.78 is 13.1. The summed E-state index contributed by atoms with van der Waals surface area (Å²) in [7, 11) is 1.79. The number of nitrogens with zero attached hydrogens (tertiary/aromatic N) is 1. The number of amides is 2. The van der Waals surface area contributed by atoms with Crippen LogP contribution in [0, 0.1) is 5.53 Å². The van der Waals surface area contributed by atoms with E-state index in [1.165, 1.54) is 11.9 Å². The predicted molar refractivity (Wildman–Crippen MR) is 105 cm³/mol. The Morgan fingerprint density at radius 1 is 1.26 bits per heavy atom. The summed E-state index contributed by atoms with van der Waals surface area (Å²) in [6.45, 7) is 8.68. The highest BCUT2D eigenvalue weighted by Gasteiger charge is 2.26. The van der Waals surface area contributed by atoms with Crippen molar-refractivity contribution < 1.29 is 19.1 Å². The first-order chi connectivity index (χ1) is 12.5. The van der Waals surface area contributed by atoms with Crippen LogP contribution in [0.4, 0.5) is 0 Å². The highest BCUT2D eigenvalue weighted by Crippen LogP contribution is 2.24. The van der Waals surface area contributed by atoms with E-state index >= 15 is 0 Å². The fourth-order valence-electron chi connectivity index (χ4n) is 1.64. The molecule has 11 heteroatoms. The van der Waals surface area contributed by atoms with E-state index in [-0.39, 0.29) is 23.9 Å². The van der Waals surface area contributed by atoms with Crippen LogP contribution in [0.5, 0.6) is 0 Å². The smallest absolute Gasteiger partial charge is 0.255 e. The first kappa shape index (κ1) is 25.3. The maximum atomic E-state index is 11.7. The van der Waals surface area contributed by atoms with Gasteiger partial charge < -0.3 is 25.8 Å². The number of nitrogens with one attached hydrogen (secondary N) is 4. The lowest BCUT2D eigenvalue weighted by Gasteiger charge is -2.31. The number of ether oxygens (including phenoxy) is 2. The normalized spacial score (nSPS) is 12.6. The van der Waals surface area contributed by atoms with Crippen LogP contribution in [0.25, 0.3) is 0 Å². The van der Waals surface area contributed by atoms with E-state index in [0.29, 0.717) is 25.4 Å². The van der Waals surface area contributed by atoms with Crippen LogP contribution in [0.15, 0.2) is 17.0 Å². The van der Waals surface area contributed by atoms with Crippen molar-refractivity contribution in [2.75, 3.05) is 40.0 Å². The summed E-state index contributed by atoms with van der Waals surface area (Å²) in [6.07, 6.45) is 1.68. The minimum absolute atomic E-state index is 0.232. The third-order valence-electron chi connectivity index (χ3n) is 3.03. The van der Waals surface area contributed by atoms with Gasteiger partial charge in [-0.25, -0.2) is 5.53 Å². The van der Waals surface area contributed by atoms with Gasteiger partial charge in [0.15, 0.2) is 0 Å². The number of nitrogens with two attached hydrogens (primary N) is 1. The molecule has 0 fully saturated rings. The lowest BCUT2D eigenvalue weighted by molar-refractivity contribution is -0.128. The Morgan fingerprint density at radius 3 is 2.48 bits per heavy atom. The zero-order valence-corrected chi connectivity index (χ0v) is 17.5. The van der Waals surface area contributed by atoms with Crippen LogP contribution in [-0.4, -0.2) is 62.1 Å². The molecule has 0 aliphatic carbocycles. The average Bonchev–Trinajstić information content (AvgIpc) is 2.57. The second kappa shape index (κ2) is 12.7. The van der Waals surface area contributed by atoms with Gasteiger partial charge in [-0.05, 0) is 46.7 Å². The predicted octanol–water partition coefficient (Wildman–Crippen LogP) is 0.508. The zero-order chi connectivity index (χ0) is 20.9. The van der Waals surface area contributed by atoms with Crippen LogP contribution in [0.1, 0.15) is 27.7 Å². The maximum Gasteiger partial charge on any atom is 0.255 e. The second-order valence-electron chi connectivity index (χ2n) is 7.05. The van der Waals surface area contributed by atoms with Gasteiger partial charge in [0, 0.05) is 19.3 Å². The topological polar surface area (TPSA) is 151 Å². The number of hydrogen-bond donors (Lipinski definition) is 5. The van der Waals surface area contributed by atoms with Crippen LogP contribution < -0.4 is 21.1 Å². The van der Waals surface area contributed by atoms with Crippen LogP contribution >= 0.6 is 11.9 Å². The van der Waals surface area contributed by atoms with Crippen LogP contribution in [-0.2, 0) is 19.1 Å². The fraction of sp³-hybridized carbons (Fsp3) is 0.750. The molecule has 0 spiro atoms. The van der Waals surface area contributed by atoms with Gasteiger partial charge in [0.25, 0.3) is 5.91 Å². The maximum absolute atomic E-state index is 11.7. The lowest BCUT2D eigenvalue weighted by Crippen LogP contribution is -2.40. The van der Waals surface area contributed by atoms with Crippen molar-refractivity contribution in [3.05, 3.63) is 11.9 Å². The molecule has 0 aliphatic heterocycles. The van der Waals surface area contributed by atoms with Gasteiger partial charge in [0.05, 0.1) is 22.7 Å². The van der Waals surface area contributed by atoms with Gasteiger partial charge in [0.2, 0.25) is 5.91 Å². The molecule has 27 heavy (non-hydrogen) atoms. The molecule has 0 saturated heterocycles. The molecule has 0 aliphatic rings. The van der Waals surface area contributed by atoms with Gasteiger partial charge in [-0.3, -0.25) is 14.3 Å². The average molecular weight is 405 g/mol. The largest absolute Gasteiger partial charge is 0.386 e. The summed E-state index contributed by atoms with van der Waals surface area (Å²) in [6, 6.07) is 0. The highest BCUT2D eigenvalue weighted by atomic mass is 32.2. The first-order valence-electron chi connectivity index (χ1n) is 8.42. The van der Waals surface area contributed by atoms with Crippen molar-refractivity contribution in [2.24, 2.45) is 10.8 Å². The number of carbonyl (C=O) groups excluding carboxylic acids is 2. The molecule has 6 N–H and O–H groups in total. The second-order valence-corrected chi connectivity index (χ2v) is 8.57. The lowest BCUT2D eigenvalue weighted by atomic mass is 10.1. The van der Waals surface area contributed by atoms with E-state index in [1.54, 1.807) is 13.2 Å². The molecule has 0 aromatic rings. The van der Waals surface area contributed by atoms with Crippen molar-refractivity contribution in [1.82, 2.24) is 15.4 Å². The van der Waals surface area contributed by atoms with Gasteiger partial charge in [-0.2, -0.15) is 5.11 Å². The Hall–Kier alpha value is -1.69. The monoisotopic (exact) mass is 404 g/mol. The van der Waals surface area contributed by atoms with E-state index in [0.717, 1.165) is 0 Å². The van der Waals surface area contributed by atoms with Crippen LogP contribution in [0.2, 0.25) is 0 Å². The van der Waals surface area contributed by atoms with E-state index in [9.17, 15) is 9.59 Å². The Balaban J connectivity index is 4.26. The fourth-order valence-corrected chi connectivity index (χ4v) is 2.20. The van der Waals surface area contributed by atoms with Crippen molar-refractivity contribution in [1.29, 1.82) is 5.53 Å². The minimum Gasteiger partial charge on any atom is -0.386 e. The number of hydrogen-bond acceptors (Lipinski definition) is 9. The molecule has 156 valence electrons. The molecule has 0 saturated carbocycles. The first-order valence-corrected chi connectivity index (χ1v) is 9.24. The molecule has 0 radical (unpaired) electrons. The summed E-state index contributed by atoms with van der Waals surface area (Å²) in [5, 5.41) is 9.46. The molecule has 0 aromatic heterocycles. The molecular weight excluding hydrogens is 372 g/mol. The number of likely N-dealkylation sites (N-methyl/N-ethyl adjacent to an activating group) is 1. The number of rotatable bonds is 15. The van der Waals surface area contributed by atoms with Gasteiger partial charge in [0.1, 0.15) is 13.2 Å². The van der Waals surface area contributed by atoms with Gasteiger partial charge >= 0.3 is 0 Å². The number of primary amides is 1. The van der Waals surface area contributed by atoms with Crippen LogP contribution in [0.3, 0.4) is 0 Å². The van der Waals surface area contributed by atoms with Gasteiger partial charge in [-0.1, -0.05) is 0 Å². The molecule has 0 heterocycles. The zero-order valence-electron chi connectivity index (χ0n) is 16.7. The van der Waals surface area contributed by atoms with E-state index in [1.807, 2.05) is 27.7 Å². The Bertz CT molecular complexity index is 525. The van der Waals surface area contributed by atoms with E-state index in [2.05, 4.69) is 20.5 Å². The molecule has 2 amide bonds. The van der Waals surface area contributed by atoms with E-state index < -0.39 is 11.5 Å². The Kier molecular flexibility index (Phi) is 11.9. The summed E-state index contributed by atoms with van der Waals surface area (Å²) in [4.78, 5) is 22.2.